The van der Waals surface area contributed by atoms with E-state index >= 15 is 0 Å². The van der Waals surface area contributed by atoms with Gasteiger partial charge in [-0.3, -0.25) is 4.68 Å². The molecule has 0 saturated carbocycles. The summed E-state index contributed by atoms with van der Waals surface area (Å²) < 4.78 is 2.97. The first-order valence-electron chi connectivity index (χ1n) is 5.15. The number of benzene rings is 1. The predicted molar refractivity (Wildman–Crippen MR) is 69.1 cm³/mol. The predicted octanol–water partition coefficient (Wildman–Crippen LogP) is 2.57. The smallest absolute Gasteiger partial charge is 0.107 e. The molecule has 0 spiro atoms. The lowest BCUT2D eigenvalue weighted by molar-refractivity contribution is 0.671. The Morgan fingerprint density at radius 3 is 2.62 bits per heavy atom. The summed E-state index contributed by atoms with van der Waals surface area (Å²) in [4.78, 5) is 0. The average molecular weight is 280 g/mol. The summed E-state index contributed by atoms with van der Waals surface area (Å²) in [6.45, 7) is 0.802. The summed E-state index contributed by atoms with van der Waals surface area (Å²) in [5.74, 6) is 0. The van der Waals surface area contributed by atoms with Crippen LogP contribution in [0.5, 0.6) is 0 Å². The number of aromatic nitrogens is 2. The van der Waals surface area contributed by atoms with Crippen molar-refractivity contribution in [2.24, 2.45) is 7.05 Å². The van der Waals surface area contributed by atoms with E-state index in [1.807, 2.05) is 37.0 Å². The number of halogens is 1. The highest BCUT2D eigenvalue weighted by Crippen LogP contribution is 2.29. The highest BCUT2D eigenvalue weighted by molar-refractivity contribution is 9.10. The molecule has 2 aromatic rings. The Morgan fingerprint density at radius 1 is 1.31 bits per heavy atom. The molecule has 16 heavy (non-hydrogen) atoms. The van der Waals surface area contributed by atoms with Crippen LogP contribution in [0, 0.1) is 0 Å². The van der Waals surface area contributed by atoms with Crippen molar-refractivity contribution in [2.75, 3.05) is 7.05 Å². The van der Waals surface area contributed by atoms with Gasteiger partial charge in [0.25, 0.3) is 0 Å². The van der Waals surface area contributed by atoms with Crippen molar-refractivity contribution < 1.29 is 0 Å². The maximum atomic E-state index is 4.53. The van der Waals surface area contributed by atoms with Crippen LogP contribution in [0.1, 0.15) is 5.69 Å². The summed E-state index contributed by atoms with van der Waals surface area (Å²) in [6.07, 6.45) is 0. The van der Waals surface area contributed by atoms with Gasteiger partial charge in [0.1, 0.15) is 5.69 Å². The Labute approximate surface area is 104 Å². The molecule has 0 amide bonds. The minimum atomic E-state index is 0.802. The second kappa shape index (κ2) is 4.80. The maximum Gasteiger partial charge on any atom is 0.107 e. The van der Waals surface area contributed by atoms with Crippen LogP contribution >= 0.6 is 15.9 Å². The number of hydrogen-bond donors (Lipinski definition) is 1. The Kier molecular flexibility index (Phi) is 3.41. The van der Waals surface area contributed by atoms with Gasteiger partial charge in [-0.1, -0.05) is 30.3 Å². The highest BCUT2D eigenvalue weighted by Gasteiger charge is 2.13. The molecule has 0 fully saturated rings. The molecule has 0 atom stereocenters. The topological polar surface area (TPSA) is 29.9 Å². The van der Waals surface area contributed by atoms with E-state index in [1.54, 1.807) is 0 Å². The van der Waals surface area contributed by atoms with Gasteiger partial charge < -0.3 is 5.32 Å². The van der Waals surface area contributed by atoms with Gasteiger partial charge in [-0.15, -0.1) is 0 Å². The van der Waals surface area contributed by atoms with Crippen LogP contribution in [0.4, 0.5) is 0 Å². The van der Waals surface area contributed by atoms with Crippen LogP contribution in [0.2, 0.25) is 0 Å². The first-order valence-corrected chi connectivity index (χ1v) is 5.94. The number of rotatable bonds is 3. The van der Waals surface area contributed by atoms with E-state index in [4.69, 9.17) is 0 Å². The third kappa shape index (κ3) is 2.03. The lowest BCUT2D eigenvalue weighted by atomic mass is 10.1. The quantitative estimate of drug-likeness (QED) is 0.936. The van der Waals surface area contributed by atoms with Gasteiger partial charge in [0.2, 0.25) is 0 Å². The van der Waals surface area contributed by atoms with Crippen LogP contribution in [-0.2, 0) is 13.6 Å². The molecular formula is C12H14BrN3. The van der Waals surface area contributed by atoms with Gasteiger partial charge in [-0.25, -0.2) is 0 Å². The Bertz CT molecular complexity index is 477. The molecule has 0 aliphatic heterocycles. The molecule has 1 N–H and O–H groups in total. The van der Waals surface area contributed by atoms with Gasteiger partial charge in [-0.05, 0) is 23.0 Å². The zero-order valence-corrected chi connectivity index (χ0v) is 11.0. The summed E-state index contributed by atoms with van der Waals surface area (Å²) in [7, 11) is 3.89. The van der Waals surface area contributed by atoms with Gasteiger partial charge in [0.05, 0.1) is 10.2 Å². The van der Waals surface area contributed by atoms with Crippen molar-refractivity contribution in [2.45, 2.75) is 6.54 Å². The molecule has 0 unspecified atom stereocenters. The van der Waals surface area contributed by atoms with E-state index in [0.717, 1.165) is 28.0 Å². The number of nitrogens with zero attached hydrogens (tertiary/aromatic N) is 2. The minimum absolute atomic E-state index is 0.802. The molecule has 1 heterocycles. The molecule has 0 aliphatic rings. The van der Waals surface area contributed by atoms with Crippen molar-refractivity contribution in [3.05, 3.63) is 40.5 Å². The Balaban J connectivity index is 2.47. The summed E-state index contributed by atoms with van der Waals surface area (Å²) in [5, 5.41) is 7.67. The Hall–Kier alpha value is -1.13. The van der Waals surface area contributed by atoms with E-state index < -0.39 is 0 Å². The van der Waals surface area contributed by atoms with Crippen molar-refractivity contribution >= 4 is 15.9 Å². The van der Waals surface area contributed by atoms with Crippen molar-refractivity contribution in [3.63, 3.8) is 0 Å². The fourth-order valence-corrected chi connectivity index (χ4v) is 2.38. The molecule has 84 valence electrons. The minimum Gasteiger partial charge on any atom is -0.314 e. The van der Waals surface area contributed by atoms with Crippen molar-refractivity contribution in [3.8, 4) is 11.3 Å². The molecule has 0 saturated heterocycles. The fourth-order valence-electron chi connectivity index (χ4n) is 1.67. The van der Waals surface area contributed by atoms with Gasteiger partial charge in [0.15, 0.2) is 0 Å². The third-order valence-corrected chi connectivity index (χ3v) is 3.33. The summed E-state index contributed by atoms with van der Waals surface area (Å²) in [6, 6.07) is 10.2. The second-order valence-corrected chi connectivity index (χ2v) is 4.42. The van der Waals surface area contributed by atoms with Crippen molar-refractivity contribution in [1.82, 2.24) is 15.1 Å². The van der Waals surface area contributed by atoms with Crippen LogP contribution in [0.3, 0.4) is 0 Å². The zero-order chi connectivity index (χ0) is 11.5. The summed E-state index contributed by atoms with van der Waals surface area (Å²) in [5.41, 5.74) is 3.28. The molecule has 4 heteroatoms. The lowest BCUT2D eigenvalue weighted by Gasteiger charge is -2.00. The first-order chi connectivity index (χ1) is 7.74. The molecular weight excluding hydrogens is 266 g/mol. The van der Waals surface area contributed by atoms with Crippen LogP contribution in [-0.4, -0.2) is 16.8 Å². The second-order valence-electron chi connectivity index (χ2n) is 3.63. The molecule has 1 aromatic carbocycles. The monoisotopic (exact) mass is 279 g/mol. The van der Waals surface area contributed by atoms with Gasteiger partial charge in [0, 0.05) is 19.2 Å². The molecule has 0 radical (unpaired) electrons. The van der Waals surface area contributed by atoms with E-state index in [-0.39, 0.29) is 0 Å². The SMILES string of the molecule is CNCc1c(Br)c(-c2ccccc2)nn1C. The standard InChI is InChI=1S/C12H14BrN3/c1-14-8-10-11(13)12(15-16(10)2)9-6-4-3-5-7-9/h3-7,14H,8H2,1-2H3. The van der Waals surface area contributed by atoms with Crippen LogP contribution in [0.15, 0.2) is 34.8 Å². The lowest BCUT2D eigenvalue weighted by Crippen LogP contribution is -2.10. The highest BCUT2D eigenvalue weighted by atomic mass is 79.9. The Morgan fingerprint density at radius 2 is 2.00 bits per heavy atom. The molecule has 3 nitrogen and oxygen atoms in total. The molecule has 1 aromatic heterocycles. The zero-order valence-electron chi connectivity index (χ0n) is 9.37. The number of nitrogens with one attached hydrogen (secondary N) is 1. The summed E-state index contributed by atoms with van der Waals surface area (Å²) >= 11 is 3.62. The molecule has 2 rings (SSSR count). The van der Waals surface area contributed by atoms with E-state index in [2.05, 4.69) is 38.5 Å². The molecule has 0 bridgehead atoms. The van der Waals surface area contributed by atoms with E-state index in [9.17, 15) is 0 Å². The maximum absolute atomic E-state index is 4.53. The first kappa shape index (κ1) is 11.4. The van der Waals surface area contributed by atoms with E-state index in [1.165, 1.54) is 0 Å². The van der Waals surface area contributed by atoms with Crippen molar-refractivity contribution in [1.29, 1.82) is 0 Å². The fraction of sp³-hybridized carbons (Fsp3) is 0.250. The number of aryl methyl sites for hydroxylation is 1. The molecule has 0 aliphatic carbocycles. The van der Waals surface area contributed by atoms with Crippen LogP contribution in [0.25, 0.3) is 11.3 Å². The average Bonchev–Trinajstić information content (AvgIpc) is 2.59. The largest absolute Gasteiger partial charge is 0.314 e. The third-order valence-electron chi connectivity index (χ3n) is 2.49. The number of hydrogen-bond acceptors (Lipinski definition) is 2. The normalized spacial score (nSPS) is 10.7. The van der Waals surface area contributed by atoms with Crippen LogP contribution < -0.4 is 5.32 Å². The van der Waals surface area contributed by atoms with E-state index in [0.29, 0.717) is 0 Å². The van der Waals surface area contributed by atoms with Gasteiger partial charge >= 0.3 is 0 Å². The van der Waals surface area contributed by atoms with Gasteiger partial charge in [-0.2, -0.15) is 5.10 Å².